The number of nitrogens with zero attached hydrogens (tertiary/aromatic N) is 6. The lowest BCUT2D eigenvalue weighted by Crippen LogP contribution is -2.19. The molecule has 0 radical (unpaired) electrons. The topological polar surface area (TPSA) is 142 Å². The van der Waals surface area contributed by atoms with E-state index in [0.717, 1.165) is 22.5 Å². The van der Waals surface area contributed by atoms with Gasteiger partial charge in [0.15, 0.2) is 17.3 Å². The molecule has 0 aliphatic carbocycles. The van der Waals surface area contributed by atoms with Crippen LogP contribution in [0.5, 0.6) is 0 Å². The molecular weight excluding hydrogens is 456 g/mol. The first kappa shape index (κ1) is 21.2. The summed E-state index contributed by atoms with van der Waals surface area (Å²) in [6.07, 6.45) is 5.07. The number of nitrogens with one attached hydrogen (secondary N) is 4. The van der Waals surface area contributed by atoms with Crippen LogP contribution in [0.2, 0.25) is 0 Å². The van der Waals surface area contributed by atoms with Crippen molar-refractivity contribution in [3.05, 3.63) is 85.2 Å². The van der Waals surface area contributed by atoms with Gasteiger partial charge in [-0.25, -0.2) is 24.7 Å². The number of aromatic nitrogens is 8. The third-order valence-electron chi connectivity index (χ3n) is 5.55. The second kappa shape index (κ2) is 8.80. The number of benzene rings is 2. The van der Waals surface area contributed by atoms with Crippen LogP contribution in [0.25, 0.3) is 39.6 Å². The summed E-state index contributed by atoms with van der Waals surface area (Å²) in [5, 5.41) is 12.6. The van der Waals surface area contributed by atoms with Crippen molar-refractivity contribution in [1.82, 2.24) is 39.7 Å². The van der Waals surface area contributed by atoms with Gasteiger partial charge in [-0.1, -0.05) is 30.3 Å². The predicted molar refractivity (Wildman–Crippen MR) is 136 cm³/mol. The zero-order chi connectivity index (χ0) is 24.5. The van der Waals surface area contributed by atoms with Gasteiger partial charge in [0.2, 0.25) is 0 Å². The number of aromatic amines is 2. The van der Waals surface area contributed by atoms with Gasteiger partial charge in [0.05, 0.1) is 11.4 Å². The number of anilines is 2. The standard InChI is InChI=1S/C25H20N10O/c1-15-12-35(14-28-15)24-21-23(26-13-27-24)32-22(31-21)17-7-9-18(10-8-17)29-25(36)30-20-11-19(33-34-20)16-5-3-2-4-6-16/h2-14H,1H3,(H,26,27,31,32)(H3,29,30,33,34,36). The minimum absolute atomic E-state index is 0.395. The monoisotopic (exact) mass is 476 g/mol. The largest absolute Gasteiger partial charge is 0.334 e. The highest BCUT2D eigenvalue weighted by molar-refractivity contribution is 5.99. The van der Waals surface area contributed by atoms with Gasteiger partial charge >= 0.3 is 6.03 Å². The van der Waals surface area contributed by atoms with E-state index in [0.29, 0.717) is 34.3 Å². The van der Waals surface area contributed by atoms with E-state index < -0.39 is 6.03 Å². The third kappa shape index (κ3) is 4.16. The van der Waals surface area contributed by atoms with Gasteiger partial charge < -0.3 is 10.3 Å². The van der Waals surface area contributed by atoms with Gasteiger partial charge in [-0.05, 0) is 36.8 Å². The number of imidazole rings is 2. The van der Waals surface area contributed by atoms with Crippen LogP contribution in [0.4, 0.5) is 16.3 Å². The molecule has 0 atom stereocenters. The smallest absolute Gasteiger partial charge is 0.324 e. The molecule has 2 amide bonds. The quantitative estimate of drug-likeness (QED) is 0.288. The molecule has 11 nitrogen and oxygen atoms in total. The number of aryl methyl sites for hydroxylation is 1. The summed E-state index contributed by atoms with van der Waals surface area (Å²) in [4.78, 5) is 33.3. The normalized spacial score (nSPS) is 11.0. The Bertz CT molecular complexity index is 1660. The van der Waals surface area contributed by atoms with Crippen molar-refractivity contribution in [3.63, 3.8) is 0 Å². The van der Waals surface area contributed by atoms with E-state index in [-0.39, 0.29) is 0 Å². The number of fused-ring (bicyclic) bond motifs is 1. The summed E-state index contributed by atoms with van der Waals surface area (Å²) < 4.78 is 1.83. The van der Waals surface area contributed by atoms with Gasteiger partial charge in [-0.15, -0.1) is 0 Å². The van der Waals surface area contributed by atoms with Crippen LogP contribution in [-0.2, 0) is 0 Å². The molecule has 4 heterocycles. The Balaban J connectivity index is 1.16. The fraction of sp³-hybridized carbons (Fsp3) is 0.0400. The summed E-state index contributed by atoms with van der Waals surface area (Å²) in [7, 11) is 0. The van der Waals surface area contributed by atoms with Crippen LogP contribution in [0.15, 0.2) is 79.5 Å². The molecular formula is C25H20N10O. The Morgan fingerprint density at radius 2 is 1.78 bits per heavy atom. The Morgan fingerprint density at radius 3 is 2.56 bits per heavy atom. The van der Waals surface area contributed by atoms with E-state index in [4.69, 9.17) is 0 Å². The minimum Gasteiger partial charge on any atom is -0.334 e. The summed E-state index contributed by atoms with van der Waals surface area (Å²) in [5.41, 5.74) is 5.41. The lowest BCUT2D eigenvalue weighted by Gasteiger charge is -2.06. The number of hydrogen-bond donors (Lipinski definition) is 4. The van der Waals surface area contributed by atoms with Crippen molar-refractivity contribution < 1.29 is 4.79 Å². The highest BCUT2D eigenvalue weighted by atomic mass is 16.2. The number of H-pyrrole nitrogens is 2. The van der Waals surface area contributed by atoms with Crippen LogP contribution >= 0.6 is 0 Å². The van der Waals surface area contributed by atoms with Crippen molar-refractivity contribution in [2.24, 2.45) is 0 Å². The molecule has 36 heavy (non-hydrogen) atoms. The lowest BCUT2D eigenvalue weighted by atomic mass is 10.2. The average molecular weight is 477 g/mol. The molecule has 0 saturated heterocycles. The molecule has 0 unspecified atom stereocenters. The number of urea groups is 1. The highest BCUT2D eigenvalue weighted by Crippen LogP contribution is 2.24. The molecule has 4 aromatic heterocycles. The van der Waals surface area contributed by atoms with Crippen molar-refractivity contribution in [2.75, 3.05) is 10.6 Å². The molecule has 0 saturated carbocycles. The fourth-order valence-corrected chi connectivity index (χ4v) is 3.83. The number of carbonyl (C=O) groups excluding carboxylic acids is 1. The molecule has 6 rings (SSSR count). The van der Waals surface area contributed by atoms with Gasteiger partial charge in [-0.3, -0.25) is 15.0 Å². The van der Waals surface area contributed by atoms with E-state index in [1.807, 2.05) is 60.2 Å². The van der Waals surface area contributed by atoms with Crippen molar-refractivity contribution in [2.45, 2.75) is 6.92 Å². The molecule has 0 aliphatic rings. The Morgan fingerprint density at radius 1 is 0.944 bits per heavy atom. The molecule has 4 N–H and O–H groups in total. The molecule has 0 aliphatic heterocycles. The first-order chi connectivity index (χ1) is 17.6. The van der Waals surface area contributed by atoms with Crippen LogP contribution in [0.1, 0.15) is 5.69 Å². The van der Waals surface area contributed by atoms with Gasteiger partial charge in [0.1, 0.15) is 24.0 Å². The predicted octanol–water partition coefficient (Wildman–Crippen LogP) is 4.55. The number of hydrogen-bond acceptors (Lipinski definition) is 6. The van der Waals surface area contributed by atoms with Crippen molar-refractivity contribution >= 4 is 28.7 Å². The molecule has 0 spiro atoms. The summed E-state index contributed by atoms with van der Waals surface area (Å²) in [6.45, 7) is 1.92. The summed E-state index contributed by atoms with van der Waals surface area (Å²) in [5.74, 6) is 1.74. The fourth-order valence-electron chi connectivity index (χ4n) is 3.83. The molecule has 6 aromatic rings. The van der Waals surface area contributed by atoms with E-state index in [2.05, 4.69) is 45.8 Å². The molecule has 11 heteroatoms. The van der Waals surface area contributed by atoms with Crippen molar-refractivity contribution in [3.8, 4) is 28.5 Å². The van der Waals surface area contributed by atoms with E-state index in [1.165, 1.54) is 6.33 Å². The van der Waals surface area contributed by atoms with Crippen LogP contribution in [0, 0.1) is 6.92 Å². The van der Waals surface area contributed by atoms with Crippen LogP contribution in [0.3, 0.4) is 0 Å². The SMILES string of the molecule is Cc1cn(-c2ncnc3nc(-c4ccc(NC(=O)Nc5cc(-c6ccccc6)[nH]n5)cc4)[nH]c23)cn1. The maximum Gasteiger partial charge on any atom is 0.324 e. The maximum absolute atomic E-state index is 12.5. The Labute approximate surface area is 204 Å². The first-order valence-corrected chi connectivity index (χ1v) is 11.1. The Kier molecular flexibility index (Phi) is 5.19. The van der Waals surface area contributed by atoms with Crippen LogP contribution in [-0.4, -0.2) is 45.7 Å². The van der Waals surface area contributed by atoms with E-state index in [9.17, 15) is 4.79 Å². The molecule has 2 aromatic carbocycles. The highest BCUT2D eigenvalue weighted by Gasteiger charge is 2.13. The number of carbonyl (C=O) groups is 1. The number of amides is 2. The lowest BCUT2D eigenvalue weighted by molar-refractivity contribution is 0.262. The average Bonchev–Trinajstić information content (AvgIpc) is 3.64. The van der Waals surface area contributed by atoms with Gasteiger partial charge in [0, 0.05) is 23.5 Å². The van der Waals surface area contributed by atoms with Gasteiger partial charge in [-0.2, -0.15) is 5.10 Å². The summed E-state index contributed by atoms with van der Waals surface area (Å²) in [6, 6.07) is 18.5. The van der Waals surface area contributed by atoms with E-state index in [1.54, 1.807) is 24.5 Å². The second-order valence-corrected chi connectivity index (χ2v) is 8.09. The zero-order valence-corrected chi connectivity index (χ0v) is 19.1. The Hall–Kier alpha value is -5.32. The third-order valence-corrected chi connectivity index (χ3v) is 5.55. The first-order valence-electron chi connectivity index (χ1n) is 11.1. The second-order valence-electron chi connectivity index (χ2n) is 8.09. The van der Waals surface area contributed by atoms with Crippen LogP contribution < -0.4 is 10.6 Å². The summed E-state index contributed by atoms with van der Waals surface area (Å²) >= 11 is 0. The molecule has 0 bridgehead atoms. The molecule has 0 fully saturated rings. The number of rotatable bonds is 5. The van der Waals surface area contributed by atoms with E-state index >= 15 is 0 Å². The zero-order valence-electron chi connectivity index (χ0n) is 19.1. The minimum atomic E-state index is -0.395. The maximum atomic E-state index is 12.5. The van der Waals surface area contributed by atoms with Gasteiger partial charge in [0.25, 0.3) is 0 Å². The van der Waals surface area contributed by atoms with Crippen molar-refractivity contribution in [1.29, 1.82) is 0 Å². The molecule has 176 valence electrons.